The van der Waals surface area contributed by atoms with Gasteiger partial charge < -0.3 is 10.5 Å². The molecule has 0 aliphatic heterocycles. The fourth-order valence-electron chi connectivity index (χ4n) is 2.35. The smallest absolute Gasteiger partial charge is 0.313 e. The Morgan fingerprint density at radius 2 is 2.00 bits per heavy atom. The summed E-state index contributed by atoms with van der Waals surface area (Å²) in [6, 6.07) is 0. The molecule has 0 amide bonds. The van der Waals surface area contributed by atoms with Gasteiger partial charge in [-0.05, 0) is 43.9 Å². The summed E-state index contributed by atoms with van der Waals surface area (Å²) in [6.45, 7) is 7.47. The first kappa shape index (κ1) is 14.5. The second kappa shape index (κ2) is 6.39. The predicted octanol–water partition coefficient (Wildman–Crippen LogP) is 2.73. The molecule has 0 spiro atoms. The molecule has 1 rings (SSSR count). The first-order valence-electron chi connectivity index (χ1n) is 6.87. The van der Waals surface area contributed by atoms with Crippen LogP contribution in [0.15, 0.2) is 0 Å². The lowest BCUT2D eigenvalue weighted by Crippen LogP contribution is -2.42. The number of rotatable bonds is 5. The molecular formula is C14H27NO2. The van der Waals surface area contributed by atoms with Crippen LogP contribution in [0.1, 0.15) is 52.9 Å². The minimum atomic E-state index is -0.385. The highest BCUT2D eigenvalue weighted by Crippen LogP contribution is 2.39. The highest BCUT2D eigenvalue weighted by atomic mass is 16.5. The summed E-state index contributed by atoms with van der Waals surface area (Å²) >= 11 is 0. The molecule has 1 saturated carbocycles. The van der Waals surface area contributed by atoms with E-state index in [0.717, 1.165) is 38.0 Å². The van der Waals surface area contributed by atoms with E-state index < -0.39 is 0 Å². The zero-order valence-electron chi connectivity index (χ0n) is 11.5. The molecule has 3 nitrogen and oxygen atoms in total. The molecule has 1 aliphatic rings. The quantitative estimate of drug-likeness (QED) is 0.753. The maximum Gasteiger partial charge on any atom is 0.313 e. The first-order chi connectivity index (χ1) is 8.00. The van der Waals surface area contributed by atoms with Crippen molar-refractivity contribution in [1.29, 1.82) is 0 Å². The van der Waals surface area contributed by atoms with Crippen LogP contribution < -0.4 is 5.73 Å². The lowest BCUT2D eigenvalue weighted by molar-refractivity contribution is -0.158. The highest BCUT2D eigenvalue weighted by molar-refractivity contribution is 5.77. The lowest BCUT2D eigenvalue weighted by Gasteiger charge is -2.36. The minimum Gasteiger partial charge on any atom is -0.465 e. The summed E-state index contributed by atoms with van der Waals surface area (Å²) in [5, 5.41) is 0. The maximum absolute atomic E-state index is 12.1. The van der Waals surface area contributed by atoms with Gasteiger partial charge >= 0.3 is 5.97 Å². The van der Waals surface area contributed by atoms with Gasteiger partial charge in [-0.2, -0.15) is 0 Å². The predicted molar refractivity (Wildman–Crippen MR) is 69.5 cm³/mol. The summed E-state index contributed by atoms with van der Waals surface area (Å²) in [4.78, 5) is 12.1. The number of hydrogen-bond acceptors (Lipinski definition) is 3. The summed E-state index contributed by atoms with van der Waals surface area (Å²) in [5.74, 6) is 1.23. The molecule has 0 saturated heterocycles. The van der Waals surface area contributed by atoms with E-state index in [2.05, 4.69) is 20.8 Å². The Labute approximate surface area is 105 Å². The van der Waals surface area contributed by atoms with Crippen LogP contribution in [0.4, 0.5) is 0 Å². The van der Waals surface area contributed by atoms with Crippen LogP contribution in [0.2, 0.25) is 0 Å². The van der Waals surface area contributed by atoms with Gasteiger partial charge in [-0.3, -0.25) is 4.79 Å². The molecule has 1 fully saturated rings. The normalized spacial score (nSPS) is 29.4. The number of esters is 1. The molecule has 0 aromatic carbocycles. The highest BCUT2D eigenvalue weighted by Gasteiger charge is 2.41. The third-order valence-electron chi connectivity index (χ3n) is 3.98. The van der Waals surface area contributed by atoms with Gasteiger partial charge in [-0.25, -0.2) is 0 Å². The molecule has 1 aliphatic carbocycles. The Kier molecular flexibility index (Phi) is 5.44. The molecule has 2 N–H and O–H groups in total. The van der Waals surface area contributed by atoms with E-state index in [1.165, 1.54) is 0 Å². The Morgan fingerprint density at radius 3 is 2.47 bits per heavy atom. The van der Waals surface area contributed by atoms with Gasteiger partial charge in [0, 0.05) is 6.54 Å². The van der Waals surface area contributed by atoms with Gasteiger partial charge in [0.25, 0.3) is 0 Å². The number of carbonyl (C=O) groups excluding carboxylic acids is 1. The van der Waals surface area contributed by atoms with E-state index in [-0.39, 0.29) is 11.4 Å². The molecule has 0 aromatic heterocycles. The van der Waals surface area contributed by atoms with Gasteiger partial charge in [-0.1, -0.05) is 20.8 Å². The fourth-order valence-corrected chi connectivity index (χ4v) is 2.35. The summed E-state index contributed by atoms with van der Waals surface area (Å²) in [6.07, 6.45) is 4.91. The maximum atomic E-state index is 12.1. The van der Waals surface area contributed by atoms with Crippen LogP contribution in [0.5, 0.6) is 0 Å². The Bertz CT molecular complexity index is 243. The fraction of sp³-hybridized carbons (Fsp3) is 0.929. The largest absolute Gasteiger partial charge is 0.465 e. The van der Waals surface area contributed by atoms with E-state index in [1.807, 2.05) is 0 Å². The monoisotopic (exact) mass is 241 g/mol. The van der Waals surface area contributed by atoms with Crippen LogP contribution in [0.25, 0.3) is 0 Å². The summed E-state index contributed by atoms with van der Waals surface area (Å²) in [5.41, 5.74) is 5.43. The van der Waals surface area contributed by atoms with Crippen molar-refractivity contribution in [3.63, 3.8) is 0 Å². The third kappa shape index (κ3) is 3.98. The molecule has 3 heteroatoms. The van der Waals surface area contributed by atoms with Crippen molar-refractivity contribution in [3.05, 3.63) is 0 Å². The second-order valence-corrected chi connectivity index (χ2v) is 5.99. The van der Waals surface area contributed by atoms with Gasteiger partial charge in [0.15, 0.2) is 0 Å². The molecule has 0 bridgehead atoms. The van der Waals surface area contributed by atoms with Crippen molar-refractivity contribution in [1.82, 2.24) is 0 Å². The van der Waals surface area contributed by atoms with E-state index in [0.29, 0.717) is 19.1 Å². The van der Waals surface area contributed by atoms with Crippen molar-refractivity contribution < 1.29 is 9.53 Å². The topological polar surface area (TPSA) is 52.3 Å². The summed E-state index contributed by atoms with van der Waals surface area (Å²) in [7, 11) is 0. The van der Waals surface area contributed by atoms with Gasteiger partial charge in [-0.15, -0.1) is 0 Å². The van der Waals surface area contributed by atoms with Crippen molar-refractivity contribution in [2.45, 2.75) is 52.9 Å². The molecule has 0 atom stereocenters. The SMILES string of the molecule is CC(C)CCOC(=O)C1(CN)CCC(C)CC1. The number of hydrogen-bond donors (Lipinski definition) is 1. The molecule has 0 radical (unpaired) electrons. The van der Waals surface area contributed by atoms with Crippen LogP contribution in [0, 0.1) is 17.3 Å². The zero-order valence-corrected chi connectivity index (χ0v) is 11.5. The molecule has 17 heavy (non-hydrogen) atoms. The average molecular weight is 241 g/mol. The van der Waals surface area contributed by atoms with Crippen LogP contribution >= 0.6 is 0 Å². The number of ether oxygens (including phenoxy) is 1. The van der Waals surface area contributed by atoms with Gasteiger partial charge in [0.2, 0.25) is 0 Å². The van der Waals surface area contributed by atoms with Gasteiger partial charge in [0.05, 0.1) is 12.0 Å². The molecular weight excluding hydrogens is 214 g/mol. The third-order valence-corrected chi connectivity index (χ3v) is 3.98. The molecule has 100 valence electrons. The molecule has 0 heterocycles. The molecule has 0 unspecified atom stereocenters. The van der Waals surface area contributed by atoms with E-state index in [1.54, 1.807) is 0 Å². The second-order valence-electron chi connectivity index (χ2n) is 5.99. The Morgan fingerprint density at radius 1 is 1.41 bits per heavy atom. The minimum absolute atomic E-state index is 0.0625. The standard InChI is InChI=1S/C14H27NO2/c1-11(2)6-9-17-13(16)14(10-15)7-4-12(3)5-8-14/h11-12H,4-10,15H2,1-3H3. The number of carbonyl (C=O) groups is 1. The average Bonchev–Trinajstić information content (AvgIpc) is 2.30. The summed E-state index contributed by atoms with van der Waals surface area (Å²) < 4.78 is 5.40. The van der Waals surface area contributed by atoms with Crippen LogP contribution in [-0.4, -0.2) is 19.1 Å². The first-order valence-corrected chi connectivity index (χ1v) is 6.87. The molecule has 0 aromatic rings. The van der Waals surface area contributed by atoms with Crippen molar-refractivity contribution >= 4 is 5.97 Å². The lowest BCUT2D eigenvalue weighted by atomic mass is 9.71. The Balaban J connectivity index is 2.46. The van der Waals surface area contributed by atoms with Crippen LogP contribution in [-0.2, 0) is 9.53 Å². The van der Waals surface area contributed by atoms with Gasteiger partial charge in [0.1, 0.15) is 0 Å². The number of nitrogens with two attached hydrogens (primary N) is 1. The van der Waals surface area contributed by atoms with Crippen molar-refractivity contribution in [2.24, 2.45) is 23.0 Å². The van der Waals surface area contributed by atoms with E-state index in [9.17, 15) is 4.79 Å². The van der Waals surface area contributed by atoms with Crippen molar-refractivity contribution in [2.75, 3.05) is 13.2 Å². The van der Waals surface area contributed by atoms with E-state index >= 15 is 0 Å². The van der Waals surface area contributed by atoms with E-state index in [4.69, 9.17) is 10.5 Å². The Hall–Kier alpha value is -0.570. The van der Waals surface area contributed by atoms with Crippen LogP contribution in [0.3, 0.4) is 0 Å². The zero-order chi connectivity index (χ0) is 12.9. The van der Waals surface area contributed by atoms with Crippen molar-refractivity contribution in [3.8, 4) is 0 Å².